The molecule has 7 heteroatoms. The van der Waals surface area contributed by atoms with E-state index in [-0.39, 0.29) is 11.7 Å². The Hall–Kier alpha value is -1.66. The molecule has 0 aliphatic heterocycles. The van der Waals surface area contributed by atoms with E-state index < -0.39 is 0 Å². The van der Waals surface area contributed by atoms with Crippen LogP contribution in [-0.4, -0.2) is 16.6 Å². The second kappa shape index (κ2) is 5.99. The standard InChI is InChI=1S/C12H12ClN3O2S/c1-7-5-18-12(15-7)19-6-11(17)16-10-4-8(14)2-3-9(10)13/h2-5H,6,14H2,1H3,(H,16,17). The number of carbonyl (C=O) groups is 1. The predicted molar refractivity (Wildman–Crippen MR) is 76.5 cm³/mol. The van der Waals surface area contributed by atoms with Crippen LogP contribution in [0.25, 0.3) is 0 Å². The highest BCUT2D eigenvalue weighted by molar-refractivity contribution is 7.99. The van der Waals surface area contributed by atoms with Crippen LogP contribution in [0.1, 0.15) is 5.69 Å². The SMILES string of the molecule is Cc1coc(SCC(=O)Nc2cc(N)ccc2Cl)n1. The second-order valence-corrected chi connectivity index (χ2v) is 5.16. The Morgan fingerprint density at radius 1 is 1.58 bits per heavy atom. The number of nitrogens with one attached hydrogen (secondary N) is 1. The van der Waals surface area contributed by atoms with Crippen LogP contribution in [0.15, 0.2) is 34.1 Å². The van der Waals surface area contributed by atoms with E-state index >= 15 is 0 Å². The summed E-state index contributed by atoms with van der Waals surface area (Å²) in [5, 5.41) is 3.60. The lowest BCUT2D eigenvalue weighted by atomic mass is 10.3. The van der Waals surface area contributed by atoms with Gasteiger partial charge in [-0.2, -0.15) is 0 Å². The van der Waals surface area contributed by atoms with Gasteiger partial charge in [-0.05, 0) is 25.1 Å². The summed E-state index contributed by atoms with van der Waals surface area (Å²) in [6.07, 6.45) is 1.54. The van der Waals surface area contributed by atoms with Gasteiger partial charge in [-0.1, -0.05) is 23.4 Å². The van der Waals surface area contributed by atoms with E-state index in [0.717, 1.165) is 5.69 Å². The van der Waals surface area contributed by atoms with Crippen LogP contribution in [0.4, 0.5) is 11.4 Å². The molecule has 0 spiro atoms. The Bertz CT molecular complexity index is 600. The lowest BCUT2D eigenvalue weighted by molar-refractivity contribution is -0.113. The molecule has 100 valence electrons. The van der Waals surface area contributed by atoms with Crippen molar-refractivity contribution in [1.29, 1.82) is 0 Å². The van der Waals surface area contributed by atoms with Gasteiger partial charge in [0.15, 0.2) is 0 Å². The van der Waals surface area contributed by atoms with Crippen molar-refractivity contribution in [3.05, 3.63) is 35.2 Å². The van der Waals surface area contributed by atoms with Crippen molar-refractivity contribution >= 4 is 40.6 Å². The minimum absolute atomic E-state index is 0.186. The maximum atomic E-state index is 11.8. The fourth-order valence-corrected chi connectivity index (χ4v) is 2.17. The molecule has 0 atom stereocenters. The minimum Gasteiger partial charge on any atom is -0.440 e. The number of nitrogens with zero attached hydrogens (tertiary/aromatic N) is 1. The van der Waals surface area contributed by atoms with Crippen molar-refractivity contribution in [2.75, 3.05) is 16.8 Å². The van der Waals surface area contributed by atoms with E-state index in [4.69, 9.17) is 21.8 Å². The first kappa shape index (κ1) is 13.8. The molecule has 0 aliphatic carbocycles. The molecule has 0 aliphatic rings. The van der Waals surface area contributed by atoms with Gasteiger partial charge in [0.1, 0.15) is 6.26 Å². The molecular weight excluding hydrogens is 286 g/mol. The molecule has 3 N–H and O–H groups in total. The first-order valence-electron chi connectivity index (χ1n) is 5.44. The quantitative estimate of drug-likeness (QED) is 0.670. The number of nitrogen functional groups attached to an aromatic ring is 1. The first-order valence-corrected chi connectivity index (χ1v) is 6.81. The van der Waals surface area contributed by atoms with Gasteiger partial charge in [0.05, 0.1) is 22.2 Å². The van der Waals surface area contributed by atoms with Gasteiger partial charge in [0.2, 0.25) is 5.91 Å². The number of nitrogens with two attached hydrogens (primary N) is 1. The number of anilines is 2. The molecule has 1 aromatic heterocycles. The summed E-state index contributed by atoms with van der Waals surface area (Å²) < 4.78 is 5.13. The van der Waals surface area contributed by atoms with Gasteiger partial charge < -0.3 is 15.5 Å². The van der Waals surface area contributed by atoms with Gasteiger partial charge >= 0.3 is 0 Å². The average molecular weight is 298 g/mol. The molecule has 0 saturated heterocycles. The van der Waals surface area contributed by atoms with Crippen molar-refractivity contribution in [3.8, 4) is 0 Å². The smallest absolute Gasteiger partial charge is 0.256 e. The summed E-state index contributed by atoms with van der Waals surface area (Å²) in [5.41, 5.74) is 7.44. The number of aryl methyl sites for hydroxylation is 1. The third-order valence-corrected chi connectivity index (χ3v) is 3.36. The molecule has 2 rings (SSSR count). The maximum absolute atomic E-state index is 11.8. The van der Waals surface area contributed by atoms with Crippen LogP contribution >= 0.6 is 23.4 Å². The summed E-state index contributed by atoms with van der Waals surface area (Å²) in [6, 6.07) is 4.92. The molecule has 0 bridgehead atoms. The molecule has 0 unspecified atom stereocenters. The Morgan fingerprint density at radius 2 is 2.37 bits per heavy atom. The lowest BCUT2D eigenvalue weighted by Crippen LogP contribution is -2.14. The Kier molecular flexibility index (Phi) is 4.34. The Balaban J connectivity index is 1.92. The molecule has 0 fully saturated rings. The van der Waals surface area contributed by atoms with Crippen LogP contribution in [-0.2, 0) is 4.79 Å². The molecule has 1 heterocycles. The van der Waals surface area contributed by atoms with E-state index in [0.29, 0.717) is 21.6 Å². The summed E-state index contributed by atoms with van der Waals surface area (Å²) >= 11 is 7.17. The van der Waals surface area contributed by atoms with Gasteiger partial charge in [-0.15, -0.1) is 0 Å². The number of halogens is 1. The first-order chi connectivity index (χ1) is 9.04. The van der Waals surface area contributed by atoms with Gasteiger partial charge in [0.25, 0.3) is 5.22 Å². The normalized spacial score (nSPS) is 10.4. The van der Waals surface area contributed by atoms with Gasteiger partial charge in [-0.25, -0.2) is 4.98 Å². The summed E-state index contributed by atoms with van der Waals surface area (Å²) in [4.78, 5) is 15.8. The number of thioether (sulfide) groups is 1. The summed E-state index contributed by atoms with van der Waals surface area (Å²) in [6.45, 7) is 1.82. The van der Waals surface area contributed by atoms with E-state index in [9.17, 15) is 4.79 Å². The van der Waals surface area contributed by atoms with Crippen LogP contribution < -0.4 is 11.1 Å². The van der Waals surface area contributed by atoms with Crippen LogP contribution in [0.3, 0.4) is 0 Å². The molecule has 0 radical (unpaired) electrons. The lowest BCUT2D eigenvalue weighted by Gasteiger charge is -2.07. The fraction of sp³-hybridized carbons (Fsp3) is 0.167. The van der Waals surface area contributed by atoms with Crippen molar-refractivity contribution in [3.63, 3.8) is 0 Å². The Labute approximate surface area is 119 Å². The molecular formula is C12H12ClN3O2S. The Morgan fingerprint density at radius 3 is 3.05 bits per heavy atom. The molecule has 1 aromatic carbocycles. The third-order valence-electron chi connectivity index (χ3n) is 2.19. The van der Waals surface area contributed by atoms with Crippen molar-refractivity contribution in [1.82, 2.24) is 4.98 Å². The van der Waals surface area contributed by atoms with E-state index in [1.807, 2.05) is 6.92 Å². The zero-order valence-electron chi connectivity index (χ0n) is 10.1. The number of carbonyl (C=O) groups excluding carboxylic acids is 1. The van der Waals surface area contributed by atoms with Crippen molar-refractivity contribution < 1.29 is 9.21 Å². The maximum Gasteiger partial charge on any atom is 0.256 e. The highest BCUT2D eigenvalue weighted by Crippen LogP contribution is 2.24. The van der Waals surface area contributed by atoms with E-state index in [2.05, 4.69) is 10.3 Å². The zero-order chi connectivity index (χ0) is 13.8. The van der Waals surface area contributed by atoms with Gasteiger partial charge in [0, 0.05) is 5.69 Å². The van der Waals surface area contributed by atoms with Crippen LogP contribution in [0, 0.1) is 6.92 Å². The highest BCUT2D eigenvalue weighted by Gasteiger charge is 2.09. The molecule has 5 nitrogen and oxygen atoms in total. The number of hydrogen-bond acceptors (Lipinski definition) is 5. The zero-order valence-corrected chi connectivity index (χ0v) is 11.7. The van der Waals surface area contributed by atoms with Crippen LogP contribution in [0.5, 0.6) is 0 Å². The largest absolute Gasteiger partial charge is 0.440 e. The minimum atomic E-state index is -0.201. The molecule has 0 saturated carbocycles. The topological polar surface area (TPSA) is 81.2 Å². The summed E-state index contributed by atoms with van der Waals surface area (Å²) in [7, 11) is 0. The fourth-order valence-electron chi connectivity index (χ4n) is 1.35. The van der Waals surface area contributed by atoms with Crippen molar-refractivity contribution in [2.45, 2.75) is 12.1 Å². The van der Waals surface area contributed by atoms with Crippen molar-refractivity contribution in [2.24, 2.45) is 0 Å². The number of amides is 1. The average Bonchev–Trinajstić information content (AvgIpc) is 2.77. The van der Waals surface area contributed by atoms with E-state index in [1.54, 1.807) is 18.2 Å². The number of oxazole rings is 1. The van der Waals surface area contributed by atoms with Gasteiger partial charge in [-0.3, -0.25) is 4.79 Å². The van der Waals surface area contributed by atoms with Crippen LogP contribution in [0.2, 0.25) is 5.02 Å². The molecule has 19 heavy (non-hydrogen) atoms. The third kappa shape index (κ3) is 3.90. The summed E-state index contributed by atoms with van der Waals surface area (Å²) in [5.74, 6) is -0.0150. The number of aromatic nitrogens is 1. The number of hydrogen-bond donors (Lipinski definition) is 2. The number of benzene rings is 1. The predicted octanol–water partition coefficient (Wildman–Crippen LogP) is 2.95. The monoisotopic (exact) mass is 297 g/mol. The molecule has 1 amide bonds. The number of rotatable bonds is 4. The highest BCUT2D eigenvalue weighted by atomic mass is 35.5. The van der Waals surface area contributed by atoms with E-state index in [1.165, 1.54) is 18.0 Å². The molecule has 2 aromatic rings. The second-order valence-electron chi connectivity index (χ2n) is 3.83.